The molecular formula is C14H19F2NO4S. The van der Waals surface area contributed by atoms with E-state index in [2.05, 4.69) is 6.58 Å². The molecule has 0 aliphatic carbocycles. The summed E-state index contributed by atoms with van der Waals surface area (Å²) in [6, 6.07) is 0. The summed E-state index contributed by atoms with van der Waals surface area (Å²) in [5.74, 6) is -5.51. The van der Waals surface area contributed by atoms with Crippen LogP contribution in [-0.4, -0.2) is 36.6 Å². The Hall–Kier alpha value is -1.54. The van der Waals surface area contributed by atoms with E-state index in [1.165, 1.54) is 19.1 Å². The maximum atomic E-state index is 14.6. The summed E-state index contributed by atoms with van der Waals surface area (Å²) < 4.78 is 50.9. The fourth-order valence-corrected chi connectivity index (χ4v) is 3.15. The van der Waals surface area contributed by atoms with Gasteiger partial charge in [-0.3, -0.25) is 13.7 Å². The molecule has 0 saturated carbocycles. The topological polar surface area (TPSA) is 77.8 Å². The van der Waals surface area contributed by atoms with Gasteiger partial charge in [0.25, 0.3) is 17.2 Å². The molecule has 8 heteroatoms. The fraction of sp³-hybridized carbons (Fsp3) is 0.500. The highest BCUT2D eigenvalue weighted by Gasteiger charge is 2.50. The van der Waals surface area contributed by atoms with Gasteiger partial charge in [0.1, 0.15) is 0 Å². The Morgan fingerprint density at radius 2 is 2.23 bits per heavy atom. The van der Waals surface area contributed by atoms with Gasteiger partial charge in [-0.2, -0.15) is 0 Å². The Bertz CT molecular complexity index is 531. The number of alkyl halides is 2. The highest BCUT2D eigenvalue weighted by atomic mass is 32.2. The van der Waals surface area contributed by atoms with Crippen LogP contribution in [0.5, 0.6) is 0 Å². The van der Waals surface area contributed by atoms with E-state index >= 15 is 0 Å². The molecule has 1 aliphatic rings. The molecule has 22 heavy (non-hydrogen) atoms. The summed E-state index contributed by atoms with van der Waals surface area (Å²) in [4.78, 5) is 10.5. The third-order valence-electron chi connectivity index (χ3n) is 3.49. The van der Waals surface area contributed by atoms with Gasteiger partial charge in [-0.25, -0.2) is 13.0 Å². The van der Waals surface area contributed by atoms with E-state index in [0.29, 0.717) is 0 Å². The summed E-state index contributed by atoms with van der Waals surface area (Å²) >= 11 is -2.43. The van der Waals surface area contributed by atoms with Gasteiger partial charge >= 0.3 is 5.97 Å². The molecule has 0 aromatic carbocycles. The summed E-state index contributed by atoms with van der Waals surface area (Å²) in [7, 11) is 0. The number of halogens is 2. The summed E-state index contributed by atoms with van der Waals surface area (Å²) in [6.45, 7) is 4.59. The second-order valence-corrected chi connectivity index (χ2v) is 5.79. The van der Waals surface area contributed by atoms with Crippen LogP contribution in [0.25, 0.3) is 0 Å². The molecule has 0 amide bonds. The Morgan fingerprint density at radius 3 is 2.68 bits per heavy atom. The first kappa shape index (κ1) is 18.5. The summed E-state index contributed by atoms with van der Waals surface area (Å²) in [6.07, 6.45) is 3.48. The van der Waals surface area contributed by atoms with Crippen molar-refractivity contribution >= 4 is 17.2 Å². The number of carbonyl (C=O) groups is 1. The molecule has 1 rings (SSSR count). The highest BCUT2D eigenvalue weighted by Crippen LogP contribution is 2.45. The largest absolute Gasteiger partial charge is 0.481 e. The normalized spacial score (nSPS) is 26.2. The van der Waals surface area contributed by atoms with Gasteiger partial charge in [0.05, 0.1) is 5.70 Å². The standard InChI is InChI=1S/C14H19F2NO4S/c1-3-6-11-12(4-2)17(22(20)21)9-10(14(11,15)16)7-5-8-13(18)19/h3-4,6,10H,1,5,7-9H2,2H3,(H,18,19)(H,20,21)/b11-6?,12-4+/t10-/m0/s1. The lowest BCUT2D eigenvalue weighted by atomic mass is 9.84. The lowest BCUT2D eigenvalue weighted by Gasteiger charge is -2.40. The van der Waals surface area contributed by atoms with E-state index in [1.54, 1.807) is 0 Å². The number of rotatable bonds is 6. The molecule has 2 N–H and O–H groups in total. The number of piperidine rings is 1. The summed E-state index contributed by atoms with van der Waals surface area (Å²) in [5, 5.41) is 8.61. The third-order valence-corrected chi connectivity index (χ3v) is 4.22. The van der Waals surface area contributed by atoms with E-state index in [-0.39, 0.29) is 37.1 Å². The monoisotopic (exact) mass is 335 g/mol. The maximum Gasteiger partial charge on any atom is 0.303 e. The number of nitrogens with zero attached hydrogens (tertiary/aromatic N) is 1. The molecule has 0 aromatic rings. The van der Waals surface area contributed by atoms with Crippen LogP contribution in [0.3, 0.4) is 0 Å². The quantitative estimate of drug-likeness (QED) is 0.732. The Balaban J connectivity index is 3.13. The smallest absolute Gasteiger partial charge is 0.303 e. The fourth-order valence-electron chi connectivity index (χ4n) is 2.47. The Morgan fingerprint density at radius 1 is 1.59 bits per heavy atom. The zero-order valence-corrected chi connectivity index (χ0v) is 13.0. The number of hydrogen-bond donors (Lipinski definition) is 2. The van der Waals surface area contributed by atoms with Crippen LogP contribution < -0.4 is 0 Å². The minimum atomic E-state index is -3.22. The van der Waals surface area contributed by atoms with E-state index in [9.17, 15) is 22.3 Å². The second-order valence-electron chi connectivity index (χ2n) is 4.89. The second kappa shape index (κ2) is 7.64. The van der Waals surface area contributed by atoms with E-state index in [1.807, 2.05) is 0 Å². The van der Waals surface area contributed by atoms with Crippen molar-refractivity contribution in [1.29, 1.82) is 0 Å². The predicted octanol–water partition coefficient (Wildman–Crippen LogP) is 2.96. The third kappa shape index (κ3) is 4.01. The average molecular weight is 335 g/mol. The van der Waals surface area contributed by atoms with Crippen molar-refractivity contribution < 1.29 is 27.4 Å². The minimum Gasteiger partial charge on any atom is -0.481 e. The molecule has 1 heterocycles. The average Bonchev–Trinajstić information content (AvgIpc) is 2.42. The van der Waals surface area contributed by atoms with Crippen LogP contribution in [0, 0.1) is 5.92 Å². The van der Waals surface area contributed by atoms with E-state index < -0.39 is 29.1 Å². The van der Waals surface area contributed by atoms with Crippen LogP contribution in [0.2, 0.25) is 0 Å². The van der Waals surface area contributed by atoms with Crippen LogP contribution in [0.4, 0.5) is 8.78 Å². The Labute approximate surface area is 130 Å². The van der Waals surface area contributed by atoms with Gasteiger partial charge in [-0.15, -0.1) is 0 Å². The molecular weight excluding hydrogens is 316 g/mol. The van der Waals surface area contributed by atoms with Crippen molar-refractivity contribution in [2.45, 2.75) is 32.1 Å². The van der Waals surface area contributed by atoms with Crippen molar-refractivity contribution in [3.8, 4) is 0 Å². The van der Waals surface area contributed by atoms with Gasteiger partial charge in [0.2, 0.25) is 0 Å². The first-order chi connectivity index (χ1) is 10.3. The first-order valence-corrected chi connectivity index (χ1v) is 7.80. The zero-order valence-electron chi connectivity index (χ0n) is 12.2. The molecule has 1 aliphatic heterocycles. The van der Waals surface area contributed by atoms with Gasteiger partial charge in [0.15, 0.2) is 0 Å². The molecule has 2 atom stereocenters. The summed E-state index contributed by atoms with van der Waals surface area (Å²) in [5.41, 5.74) is -0.390. The van der Waals surface area contributed by atoms with Crippen molar-refractivity contribution in [1.82, 2.24) is 4.31 Å². The minimum absolute atomic E-state index is 0.0137. The van der Waals surface area contributed by atoms with Crippen molar-refractivity contribution in [3.63, 3.8) is 0 Å². The molecule has 0 spiro atoms. The molecule has 5 nitrogen and oxygen atoms in total. The van der Waals surface area contributed by atoms with Crippen molar-refractivity contribution in [2.75, 3.05) is 6.54 Å². The van der Waals surface area contributed by atoms with Gasteiger partial charge in [-0.05, 0) is 19.8 Å². The van der Waals surface area contributed by atoms with Gasteiger partial charge in [-0.1, -0.05) is 24.8 Å². The molecule has 1 saturated heterocycles. The SMILES string of the molecule is C=CC=C1/C(=C\C)N(S(=O)O)C[C@H](CCCC(=O)O)C1(F)F. The maximum absolute atomic E-state index is 14.6. The number of allylic oxidation sites excluding steroid dienone is 4. The van der Waals surface area contributed by atoms with Gasteiger partial charge in [0, 0.05) is 24.5 Å². The van der Waals surface area contributed by atoms with E-state index in [4.69, 9.17) is 5.11 Å². The number of carboxylic acids is 1. The highest BCUT2D eigenvalue weighted by molar-refractivity contribution is 7.76. The zero-order chi connectivity index (χ0) is 16.9. The van der Waals surface area contributed by atoms with Crippen LogP contribution in [-0.2, 0) is 16.1 Å². The number of aliphatic carboxylic acids is 1. The van der Waals surface area contributed by atoms with Gasteiger partial charge < -0.3 is 5.11 Å². The van der Waals surface area contributed by atoms with Crippen LogP contribution in [0.1, 0.15) is 26.2 Å². The number of hydrogen-bond acceptors (Lipinski definition) is 2. The molecule has 0 bridgehead atoms. The molecule has 0 radical (unpaired) electrons. The van der Waals surface area contributed by atoms with Crippen molar-refractivity contribution in [3.05, 3.63) is 36.1 Å². The lowest BCUT2D eigenvalue weighted by Crippen LogP contribution is -2.48. The van der Waals surface area contributed by atoms with Crippen LogP contribution >= 0.6 is 0 Å². The molecule has 124 valence electrons. The molecule has 1 unspecified atom stereocenters. The van der Waals surface area contributed by atoms with Crippen molar-refractivity contribution in [2.24, 2.45) is 5.92 Å². The van der Waals surface area contributed by atoms with Crippen LogP contribution in [0.15, 0.2) is 36.1 Å². The first-order valence-electron chi connectivity index (χ1n) is 6.73. The molecule has 1 fully saturated rings. The lowest BCUT2D eigenvalue weighted by molar-refractivity contribution is -0.137. The predicted molar refractivity (Wildman–Crippen MR) is 79.4 cm³/mol. The van der Waals surface area contributed by atoms with E-state index in [0.717, 1.165) is 10.4 Å². The molecule has 0 aromatic heterocycles. The Kier molecular flexibility index (Phi) is 6.43. The number of carboxylic acid groups (broad SMARTS) is 1.